The fourth-order valence-corrected chi connectivity index (χ4v) is 5.66. The zero-order chi connectivity index (χ0) is 23.7. The smallest absolute Gasteiger partial charge is 0.135 e. The van der Waals surface area contributed by atoms with E-state index in [2.05, 4.69) is 53.9 Å². The molecule has 0 spiro atoms. The number of piperidine rings is 1. The second-order valence-electron chi connectivity index (χ2n) is 10.4. The maximum atomic E-state index is 10.4. The zero-order valence-electron chi connectivity index (χ0n) is 20.8. The minimum Gasteiger partial charge on any atom is -0.508 e. The lowest BCUT2D eigenvalue weighted by Crippen LogP contribution is -2.36. The number of aromatic hydroxyl groups is 1. The summed E-state index contributed by atoms with van der Waals surface area (Å²) in [4.78, 5) is 17.4. The van der Waals surface area contributed by atoms with Crippen LogP contribution in [-0.4, -0.2) is 60.2 Å². The highest BCUT2D eigenvalue weighted by Gasteiger charge is 2.27. The third-order valence-electron chi connectivity index (χ3n) is 7.12. The first-order valence-corrected chi connectivity index (χ1v) is 12.7. The van der Waals surface area contributed by atoms with E-state index in [0.29, 0.717) is 11.7 Å². The molecule has 1 saturated heterocycles. The van der Waals surface area contributed by atoms with Gasteiger partial charge in [0.05, 0.1) is 12.2 Å². The number of hydrogen-bond acceptors (Lipinski definition) is 6. The maximum absolute atomic E-state index is 10.4. The number of phenols is 1. The van der Waals surface area contributed by atoms with Crippen molar-refractivity contribution in [2.75, 3.05) is 50.1 Å². The Bertz CT molecular complexity index is 1150. The molecule has 2 aliphatic heterocycles. The first kappa shape index (κ1) is 22.9. The Morgan fingerprint density at radius 2 is 1.79 bits per heavy atom. The van der Waals surface area contributed by atoms with Gasteiger partial charge in [-0.2, -0.15) is 0 Å². The van der Waals surface area contributed by atoms with Crippen LogP contribution in [0.3, 0.4) is 0 Å². The molecular weight excluding hydrogens is 422 g/mol. The van der Waals surface area contributed by atoms with Crippen LogP contribution in [0.4, 0.5) is 11.5 Å². The van der Waals surface area contributed by atoms with Crippen LogP contribution in [0.25, 0.3) is 10.8 Å². The van der Waals surface area contributed by atoms with Crippen LogP contribution < -0.4 is 9.80 Å². The lowest BCUT2D eigenvalue weighted by molar-refractivity contribution is 0.335. The number of nitrogens with zero attached hydrogens (tertiary/aromatic N) is 5. The zero-order valence-corrected chi connectivity index (χ0v) is 20.8. The van der Waals surface area contributed by atoms with Crippen molar-refractivity contribution in [2.24, 2.45) is 5.92 Å². The number of hydrogen-bond donors (Lipinski definition) is 1. The summed E-state index contributed by atoms with van der Waals surface area (Å²) in [6.07, 6.45) is 5.62. The van der Waals surface area contributed by atoms with Crippen molar-refractivity contribution in [1.82, 2.24) is 14.9 Å². The number of anilines is 2. The van der Waals surface area contributed by atoms with Crippen LogP contribution in [-0.2, 0) is 19.4 Å². The van der Waals surface area contributed by atoms with Crippen LogP contribution in [0.15, 0.2) is 36.4 Å². The van der Waals surface area contributed by atoms with E-state index in [-0.39, 0.29) is 0 Å². The van der Waals surface area contributed by atoms with Crippen molar-refractivity contribution in [3.63, 3.8) is 0 Å². The van der Waals surface area contributed by atoms with Crippen LogP contribution >= 0.6 is 0 Å². The van der Waals surface area contributed by atoms with E-state index in [1.165, 1.54) is 36.0 Å². The molecule has 0 saturated carbocycles. The summed E-state index contributed by atoms with van der Waals surface area (Å²) in [6.45, 7) is 7.16. The number of rotatable bonds is 6. The van der Waals surface area contributed by atoms with Gasteiger partial charge in [0.1, 0.15) is 17.4 Å². The lowest BCUT2D eigenvalue weighted by atomic mass is 10.00. The summed E-state index contributed by atoms with van der Waals surface area (Å²) < 4.78 is 0. The standard InChI is InChI=1S/C28H37N5O/c1-20(18-31(2)3)15-27-29-25-19-33(26-17-22(34)16-21-9-5-6-10-23(21)26)14-11-24(25)28(30-27)32-12-7-4-8-13-32/h5-6,9-10,16-17,20,34H,4,7-8,11-15,18-19H2,1-3H3/t20-/m0/s1. The molecule has 0 amide bonds. The molecule has 2 aromatic carbocycles. The molecule has 1 fully saturated rings. The Labute approximate surface area is 203 Å². The summed E-state index contributed by atoms with van der Waals surface area (Å²) >= 11 is 0. The number of benzene rings is 2. The average molecular weight is 460 g/mol. The van der Waals surface area contributed by atoms with E-state index in [0.717, 1.165) is 68.2 Å². The largest absolute Gasteiger partial charge is 0.508 e. The molecule has 0 bridgehead atoms. The molecule has 1 atom stereocenters. The SMILES string of the molecule is C[C@@H](Cc1nc2c(c(N3CCCCC3)n1)CCN(c1cc(O)cc3ccccc13)C2)CN(C)C. The summed E-state index contributed by atoms with van der Waals surface area (Å²) in [5.41, 5.74) is 3.56. The molecule has 0 unspecified atom stereocenters. The summed E-state index contributed by atoms with van der Waals surface area (Å²) in [7, 11) is 4.25. The molecule has 1 aromatic heterocycles. The Morgan fingerprint density at radius 3 is 2.59 bits per heavy atom. The monoisotopic (exact) mass is 459 g/mol. The second-order valence-corrected chi connectivity index (χ2v) is 10.4. The first-order valence-electron chi connectivity index (χ1n) is 12.7. The second kappa shape index (κ2) is 9.79. The van der Waals surface area contributed by atoms with Crippen LogP contribution in [0.1, 0.15) is 43.3 Å². The Balaban J connectivity index is 1.51. The molecule has 5 rings (SSSR count). The van der Waals surface area contributed by atoms with Crippen molar-refractivity contribution >= 4 is 22.3 Å². The molecule has 3 aromatic rings. The molecular formula is C28H37N5O. The van der Waals surface area contributed by atoms with Gasteiger partial charge in [-0.25, -0.2) is 9.97 Å². The summed E-state index contributed by atoms with van der Waals surface area (Å²) in [5.74, 6) is 2.96. The minimum absolute atomic E-state index is 0.314. The third-order valence-corrected chi connectivity index (χ3v) is 7.12. The van der Waals surface area contributed by atoms with Gasteiger partial charge < -0.3 is 19.8 Å². The molecule has 2 aliphatic rings. The van der Waals surface area contributed by atoms with Gasteiger partial charge >= 0.3 is 0 Å². The van der Waals surface area contributed by atoms with Gasteiger partial charge in [0, 0.05) is 55.3 Å². The number of phenolic OH excluding ortho intramolecular Hbond substituents is 1. The Kier molecular flexibility index (Phi) is 6.59. The van der Waals surface area contributed by atoms with Crippen molar-refractivity contribution < 1.29 is 5.11 Å². The van der Waals surface area contributed by atoms with Gasteiger partial charge in [0.15, 0.2) is 0 Å². The normalized spacial score (nSPS) is 17.3. The topological polar surface area (TPSA) is 55.7 Å². The summed E-state index contributed by atoms with van der Waals surface area (Å²) in [6, 6.07) is 12.1. The van der Waals surface area contributed by atoms with E-state index in [9.17, 15) is 5.11 Å². The number of fused-ring (bicyclic) bond motifs is 2. The van der Waals surface area contributed by atoms with Crippen LogP contribution in [0.2, 0.25) is 0 Å². The van der Waals surface area contributed by atoms with E-state index in [4.69, 9.17) is 9.97 Å². The van der Waals surface area contributed by atoms with Crippen LogP contribution in [0, 0.1) is 5.92 Å². The predicted octanol–water partition coefficient (Wildman–Crippen LogP) is 4.63. The van der Waals surface area contributed by atoms with E-state index < -0.39 is 0 Å². The Morgan fingerprint density at radius 1 is 1.00 bits per heavy atom. The molecule has 34 heavy (non-hydrogen) atoms. The molecule has 3 heterocycles. The quantitative estimate of drug-likeness (QED) is 0.580. The van der Waals surface area contributed by atoms with Crippen LogP contribution in [0.5, 0.6) is 5.75 Å². The highest BCUT2D eigenvalue weighted by atomic mass is 16.3. The van der Waals surface area contributed by atoms with Crippen molar-refractivity contribution in [3.8, 4) is 5.75 Å². The third kappa shape index (κ3) is 4.83. The molecule has 180 valence electrons. The van der Waals surface area contributed by atoms with E-state index in [1.807, 2.05) is 18.2 Å². The minimum atomic E-state index is 0.314. The van der Waals surface area contributed by atoms with Crippen molar-refractivity contribution in [1.29, 1.82) is 0 Å². The first-order chi connectivity index (χ1) is 16.5. The van der Waals surface area contributed by atoms with Crippen molar-refractivity contribution in [2.45, 2.75) is 45.6 Å². The molecule has 0 aliphatic carbocycles. The van der Waals surface area contributed by atoms with E-state index in [1.54, 1.807) is 0 Å². The Hall–Kier alpha value is -2.86. The fourth-order valence-electron chi connectivity index (χ4n) is 5.66. The van der Waals surface area contributed by atoms with Crippen molar-refractivity contribution in [3.05, 3.63) is 53.5 Å². The van der Waals surface area contributed by atoms with Gasteiger partial charge in [-0.15, -0.1) is 0 Å². The van der Waals surface area contributed by atoms with Gasteiger partial charge in [-0.3, -0.25) is 0 Å². The van der Waals surface area contributed by atoms with Gasteiger partial charge in [0.2, 0.25) is 0 Å². The fraction of sp³-hybridized carbons (Fsp3) is 0.500. The van der Waals surface area contributed by atoms with E-state index >= 15 is 0 Å². The van der Waals surface area contributed by atoms with Gasteiger partial charge in [-0.1, -0.05) is 31.2 Å². The predicted molar refractivity (Wildman–Crippen MR) is 140 cm³/mol. The maximum Gasteiger partial charge on any atom is 0.135 e. The molecule has 0 radical (unpaired) electrons. The highest BCUT2D eigenvalue weighted by Crippen LogP contribution is 2.36. The lowest BCUT2D eigenvalue weighted by Gasteiger charge is -2.35. The molecule has 1 N–H and O–H groups in total. The number of aromatic nitrogens is 2. The average Bonchev–Trinajstić information content (AvgIpc) is 2.82. The molecule has 6 nitrogen and oxygen atoms in total. The highest BCUT2D eigenvalue weighted by molar-refractivity contribution is 5.95. The summed E-state index contributed by atoms with van der Waals surface area (Å²) in [5, 5.41) is 12.6. The molecule has 6 heteroatoms. The van der Waals surface area contributed by atoms with Gasteiger partial charge in [-0.05, 0) is 57.1 Å². The van der Waals surface area contributed by atoms with Gasteiger partial charge in [0.25, 0.3) is 0 Å².